The van der Waals surface area contributed by atoms with Gasteiger partial charge in [0.15, 0.2) is 11.6 Å². The van der Waals surface area contributed by atoms with E-state index in [-0.39, 0.29) is 17.9 Å². The Bertz CT molecular complexity index is 732. The molecule has 5 rings (SSSR count). The molecule has 3 aliphatic heterocycles. The maximum atomic E-state index is 14.3. The number of fused-ring (bicyclic) bond motifs is 2. The van der Waals surface area contributed by atoms with E-state index in [1.165, 1.54) is 6.33 Å². The Hall–Kier alpha value is -2.31. The lowest BCUT2D eigenvalue weighted by molar-refractivity contribution is 0.283. The molecule has 3 fully saturated rings. The smallest absolute Gasteiger partial charge is 0.186 e. The van der Waals surface area contributed by atoms with Crippen molar-refractivity contribution < 1.29 is 4.39 Å². The highest BCUT2D eigenvalue weighted by Crippen LogP contribution is 2.38. The molecule has 23 heavy (non-hydrogen) atoms. The van der Waals surface area contributed by atoms with Crippen molar-refractivity contribution in [2.45, 2.75) is 39.3 Å². The molecule has 0 radical (unpaired) electrons. The Morgan fingerprint density at radius 3 is 2.52 bits per heavy atom. The van der Waals surface area contributed by atoms with Gasteiger partial charge >= 0.3 is 0 Å². The van der Waals surface area contributed by atoms with Crippen LogP contribution in [0.3, 0.4) is 0 Å². The summed E-state index contributed by atoms with van der Waals surface area (Å²) in [7, 11) is 0. The van der Waals surface area contributed by atoms with E-state index in [9.17, 15) is 4.39 Å². The number of piperazine rings is 1. The van der Waals surface area contributed by atoms with Crippen LogP contribution < -0.4 is 9.80 Å². The summed E-state index contributed by atoms with van der Waals surface area (Å²) in [6, 6.07) is 2.55. The summed E-state index contributed by atoms with van der Waals surface area (Å²) in [5.74, 6) is 1.88. The third-order valence-electron chi connectivity index (χ3n) is 4.66. The molecule has 7 heteroatoms. The SMILES string of the molecule is Cc1cc(N2CC3CC(C2)N3c2ncnc(C)c2F)nc(C)n1. The lowest BCUT2D eigenvalue weighted by Gasteiger charge is -2.57. The van der Waals surface area contributed by atoms with Crippen LogP contribution in [0.15, 0.2) is 12.4 Å². The molecule has 3 saturated heterocycles. The number of hydrogen-bond acceptors (Lipinski definition) is 6. The minimum absolute atomic E-state index is 0.271. The molecule has 3 aliphatic rings. The summed E-state index contributed by atoms with van der Waals surface area (Å²) < 4.78 is 14.3. The van der Waals surface area contributed by atoms with Crippen LogP contribution in [0.2, 0.25) is 0 Å². The van der Waals surface area contributed by atoms with E-state index in [1.54, 1.807) is 6.92 Å². The molecule has 2 atom stereocenters. The van der Waals surface area contributed by atoms with Crippen molar-refractivity contribution in [1.82, 2.24) is 19.9 Å². The first-order chi connectivity index (χ1) is 11.0. The number of aromatic nitrogens is 4. The Morgan fingerprint density at radius 2 is 1.83 bits per heavy atom. The highest BCUT2D eigenvalue weighted by Gasteiger charge is 2.46. The minimum atomic E-state index is -0.302. The van der Waals surface area contributed by atoms with Crippen molar-refractivity contribution in [1.29, 1.82) is 0 Å². The number of piperidine rings is 1. The molecular formula is C16H19FN6. The van der Waals surface area contributed by atoms with Gasteiger partial charge in [-0.1, -0.05) is 0 Å². The summed E-state index contributed by atoms with van der Waals surface area (Å²) in [4.78, 5) is 21.3. The molecule has 0 saturated carbocycles. The quantitative estimate of drug-likeness (QED) is 0.842. The van der Waals surface area contributed by atoms with Crippen molar-refractivity contribution >= 4 is 11.6 Å². The Morgan fingerprint density at radius 1 is 1.09 bits per heavy atom. The highest BCUT2D eigenvalue weighted by molar-refractivity contribution is 5.53. The van der Waals surface area contributed by atoms with E-state index < -0.39 is 0 Å². The largest absolute Gasteiger partial charge is 0.352 e. The average Bonchev–Trinajstić information content (AvgIpc) is 2.51. The second kappa shape index (κ2) is 5.11. The molecule has 120 valence electrons. The fourth-order valence-electron chi connectivity index (χ4n) is 3.63. The van der Waals surface area contributed by atoms with Gasteiger partial charge in [-0.2, -0.15) is 0 Å². The van der Waals surface area contributed by atoms with E-state index in [1.807, 2.05) is 19.9 Å². The number of anilines is 2. The molecule has 2 unspecified atom stereocenters. The maximum Gasteiger partial charge on any atom is 0.186 e. The summed E-state index contributed by atoms with van der Waals surface area (Å²) in [6.07, 6.45) is 2.51. The van der Waals surface area contributed by atoms with Gasteiger partial charge in [-0.25, -0.2) is 24.3 Å². The van der Waals surface area contributed by atoms with Crippen LogP contribution >= 0.6 is 0 Å². The first-order valence-electron chi connectivity index (χ1n) is 7.85. The van der Waals surface area contributed by atoms with Gasteiger partial charge in [0.05, 0.1) is 17.8 Å². The van der Waals surface area contributed by atoms with Gasteiger partial charge in [0.25, 0.3) is 0 Å². The van der Waals surface area contributed by atoms with Gasteiger partial charge in [-0.05, 0) is 27.2 Å². The second-order valence-electron chi connectivity index (χ2n) is 6.37. The van der Waals surface area contributed by atoms with Crippen LogP contribution in [0.5, 0.6) is 0 Å². The summed E-state index contributed by atoms with van der Waals surface area (Å²) >= 11 is 0. The zero-order valence-corrected chi connectivity index (χ0v) is 13.5. The fourth-order valence-corrected chi connectivity index (χ4v) is 3.63. The van der Waals surface area contributed by atoms with Gasteiger partial charge in [-0.3, -0.25) is 0 Å². The molecule has 2 aromatic heterocycles. The van der Waals surface area contributed by atoms with Crippen molar-refractivity contribution in [2.24, 2.45) is 0 Å². The fraction of sp³-hybridized carbons (Fsp3) is 0.500. The molecule has 0 aromatic carbocycles. The van der Waals surface area contributed by atoms with Crippen LogP contribution in [0.25, 0.3) is 0 Å². The average molecular weight is 314 g/mol. The van der Waals surface area contributed by atoms with Crippen LogP contribution in [0.1, 0.15) is 23.6 Å². The molecule has 0 amide bonds. The Labute approximate surface area is 134 Å². The van der Waals surface area contributed by atoms with Gasteiger partial charge in [0.2, 0.25) is 0 Å². The van der Waals surface area contributed by atoms with Crippen molar-refractivity contribution in [3.8, 4) is 0 Å². The first kappa shape index (κ1) is 14.3. The van der Waals surface area contributed by atoms with Crippen molar-refractivity contribution in [3.63, 3.8) is 0 Å². The summed E-state index contributed by atoms with van der Waals surface area (Å²) in [5, 5.41) is 0. The van der Waals surface area contributed by atoms with Crippen molar-refractivity contribution in [3.05, 3.63) is 35.4 Å². The van der Waals surface area contributed by atoms with Gasteiger partial charge in [-0.15, -0.1) is 0 Å². The normalized spacial score (nSPS) is 23.0. The predicted molar refractivity (Wildman–Crippen MR) is 85.1 cm³/mol. The van der Waals surface area contributed by atoms with Crippen LogP contribution in [0, 0.1) is 26.6 Å². The van der Waals surface area contributed by atoms with E-state index in [0.29, 0.717) is 11.5 Å². The Balaban J connectivity index is 1.57. The van der Waals surface area contributed by atoms with E-state index in [2.05, 4.69) is 29.7 Å². The molecule has 2 bridgehead atoms. The van der Waals surface area contributed by atoms with Gasteiger partial charge in [0.1, 0.15) is 18.0 Å². The molecule has 2 aromatic rings. The summed E-state index contributed by atoms with van der Waals surface area (Å²) in [5.41, 5.74) is 1.37. The topological polar surface area (TPSA) is 58.0 Å². The standard InChI is InChI=1S/C16H19FN6/c1-9-4-14(21-11(3)20-9)22-6-12-5-13(7-22)23(12)16-15(17)10(2)18-8-19-16/h4,8,12-13H,5-7H2,1-3H3. The van der Waals surface area contributed by atoms with Gasteiger partial charge in [0, 0.05) is 24.8 Å². The van der Waals surface area contributed by atoms with E-state index >= 15 is 0 Å². The lowest BCUT2D eigenvalue weighted by Crippen LogP contribution is -2.69. The lowest BCUT2D eigenvalue weighted by atomic mass is 9.87. The minimum Gasteiger partial charge on any atom is -0.352 e. The highest BCUT2D eigenvalue weighted by atomic mass is 19.1. The third-order valence-corrected chi connectivity index (χ3v) is 4.66. The molecule has 0 aliphatic carbocycles. The van der Waals surface area contributed by atoms with Crippen molar-refractivity contribution in [2.75, 3.05) is 22.9 Å². The monoisotopic (exact) mass is 314 g/mol. The number of aryl methyl sites for hydroxylation is 3. The molecule has 5 heterocycles. The molecular weight excluding hydrogens is 295 g/mol. The van der Waals surface area contributed by atoms with Crippen LogP contribution in [-0.4, -0.2) is 45.1 Å². The zero-order valence-electron chi connectivity index (χ0n) is 13.5. The summed E-state index contributed by atoms with van der Waals surface area (Å²) in [6.45, 7) is 7.22. The third kappa shape index (κ3) is 2.31. The number of hydrogen-bond donors (Lipinski definition) is 0. The van der Waals surface area contributed by atoms with E-state index in [0.717, 1.165) is 36.8 Å². The second-order valence-corrected chi connectivity index (χ2v) is 6.37. The molecule has 0 N–H and O–H groups in total. The van der Waals surface area contributed by atoms with Crippen LogP contribution in [-0.2, 0) is 0 Å². The zero-order chi connectivity index (χ0) is 16.1. The number of halogens is 1. The predicted octanol–water partition coefficient (Wildman–Crippen LogP) is 1.80. The van der Waals surface area contributed by atoms with E-state index in [4.69, 9.17) is 0 Å². The first-order valence-corrected chi connectivity index (χ1v) is 7.85. The Kier molecular flexibility index (Phi) is 3.18. The van der Waals surface area contributed by atoms with Gasteiger partial charge < -0.3 is 9.80 Å². The molecule has 6 nitrogen and oxygen atoms in total. The number of rotatable bonds is 2. The van der Waals surface area contributed by atoms with Crippen LogP contribution in [0.4, 0.5) is 16.0 Å². The maximum absolute atomic E-state index is 14.3. The number of nitrogens with zero attached hydrogens (tertiary/aromatic N) is 6. The molecule has 0 spiro atoms.